The van der Waals surface area contributed by atoms with Crippen LogP contribution in [0.5, 0.6) is 0 Å². The number of aromatic nitrogens is 4. The zero-order valence-electron chi connectivity index (χ0n) is 17.6. The topological polar surface area (TPSA) is 70.1 Å². The lowest BCUT2D eigenvalue weighted by molar-refractivity contribution is -0.133. The van der Waals surface area contributed by atoms with Gasteiger partial charge in [0, 0.05) is 57.3 Å². The minimum absolute atomic E-state index is 0.164. The minimum Gasteiger partial charge on any atom is -0.340 e. The minimum atomic E-state index is 0.164. The lowest BCUT2D eigenvalue weighted by Gasteiger charge is -2.35. The number of piperazine rings is 1. The highest BCUT2D eigenvalue weighted by Crippen LogP contribution is 2.23. The third-order valence-corrected chi connectivity index (χ3v) is 7.06. The van der Waals surface area contributed by atoms with E-state index in [1.165, 1.54) is 10.9 Å². The van der Waals surface area contributed by atoms with Gasteiger partial charge in [0.15, 0.2) is 10.6 Å². The van der Waals surface area contributed by atoms with Crippen molar-refractivity contribution in [3.8, 4) is 10.7 Å². The third kappa shape index (κ3) is 4.36. The predicted molar refractivity (Wildman–Crippen MR) is 129 cm³/mol. The number of pyridine rings is 1. The van der Waals surface area contributed by atoms with E-state index >= 15 is 0 Å². The van der Waals surface area contributed by atoms with Crippen LogP contribution in [0.3, 0.4) is 0 Å². The van der Waals surface area contributed by atoms with Crippen LogP contribution in [0.15, 0.2) is 54.0 Å². The molecule has 164 valence electrons. The number of carbonyl (C=O) groups excluding carboxylic acids is 1. The highest BCUT2D eigenvalue weighted by molar-refractivity contribution is 7.71. The van der Waals surface area contributed by atoms with Gasteiger partial charge in [-0.15, -0.1) is 11.3 Å². The van der Waals surface area contributed by atoms with Gasteiger partial charge in [-0.1, -0.05) is 30.3 Å². The Morgan fingerprint density at radius 3 is 2.75 bits per heavy atom. The molecule has 4 heterocycles. The van der Waals surface area contributed by atoms with Crippen molar-refractivity contribution in [3.05, 3.63) is 64.4 Å². The first kappa shape index (κ1) is 21.0. The number of carbonyl (C=O) groups is 1. The van der Waals surface area contributed by atoms with Crippen molar-refractivity contribution in [1.29, 1.82) is 0 Å². The molecule has 1 aliphatic rings. The van der Waals surface area contributed by atoms with E-state index in [0.717, 1.165) is 48.9 Å². The van der Waals surface area contributed by atoms with Crippen LogP contribution in [0.25, 0.3) is 21.6 Å². The van der Waals surface area contributed by atoms with Crippen LogP contribution in [0.2, 0.25) is 0 Å². The molecule has 0 unspecified atom stereocenters. The molecular formula is C23H24N6OS2. The van der Waals surface area contributed by atoms with Gasteiger partial charge in [0.1, 0.15) is 0 Å². The van der Waals surface area contributed by atoms with Crippen LogP contribution < -0.4 is 0 Å². The normalized spacial score (nSPS) is 14.8. The Kier molecular flexibility index (Phi) is 6.11. The molecule has 0 atom stereocenters. The van der Waals surface area contributed by atoms with Crippen molar-refractivity contribution < 1.29 is 4.79 Å². The molecule has 0 spiro atoms. The lowest BCUT2D eigenvalue weighted by Crippen LogP contribution is -2.48. The van der Waals surface area contributed by atoms with Gasteiger partial charge in [0.25, 0.3) is 0 Å². The van der Waals surface area contributed by atoms with Crippen molar-refractivity contribution >= 4 is 40.4 Å². The summed E-state index contributed by atoms with van der Waals surface area (Å²) in [6.45, 7) is 4.59. The fourth-order valence-corrected chi connectivity index (χ4v) is 5.12. The number of hydrogen-bond donors (Lipinski definition) is 1. The van der Waals surface area contributed by atoms with E-state index in [4.69, 9.17) is 12.2 Å². The van der Waals surface area contributed by atoms with E-state index in [2.05, 4.69) is 44.3 Å². The number of aromatic amines is 1. The number of H-pyrrole nitrogens is 1. The maximum Gasteiger partial charge on any atom is 0.224 e. The average Bonchev–Trinajstić information content (AvgIpc) is 3.48. The standard InChI is InChI=1S/C23H24N6OS2/c30-20(8-10-29-22(25-26-23(29)31)19-7-3-15-32-19)28-13-11-27(12-14-28)16-18-5-1-4-17-6-2-9-24-21(17)18/h1-7,9,15H,8,10-14,16H2,(H,26,31). The third-order valence-electron chi connectivity index (χ3n) is 5.88. The summed E-state index contributed by atoms with van der Waals surface area (Å²) in [7, 11) is 0. The highest BCUT2D eigenvalue weighted by Gasteiger charge is 2.22. The van der Waals surface area contributed by atoms with Crippen LogP contribution in [0.1, 0.15) is 12.0 Å². The number of para-hydroxylation sites is 1. The molecule has 5 rings (SSSR count). The second-order valence-electron chi connectivity index (χ2n) is 7.88. The van der Waals surface area contributed by atoms with Crippen LogP contribution >= 0.6 is 23.6 Å². The number of nitrogens with one attached hydrogen (secondary N) is 1. The lowest BCUT2D eigenvalue weighted by atomic mass is 10.1. The maximum atomic E-state index is 12.9. The molecule has 9 heteroatoms. The predicted octanol–water partition coefficient (Wildman–Crippen LogP) is 3.95. The van der Waals surface area contributed by atoms with Crippen LogP contribution in [0.4, 0.5) is 0 Å². The van der Waals surface area contributed by atoms with Crippen molar-refractivity contribution in [3.63, 3.8) is 0 Å². The van der Waals surface area contributed by atoms with Gasteiger partial charge in [-0.2, -0.15) is 5.10 Å². The summed E-state index contributed by atoms with van der Waals surface area (Å²) in [5, 5.41) is 10.4. The molecule has 7 nitrogen and oxygen atoms in total. The van der Waals surface area contributed by atoms with E-state index in [1.807, 2.05) is 39.2 Å². The smallest absolute Gasteiger partial charge is 0.224 e. The van der Waals surface area contributed by atoms with Crippen molar-refractivity contribution in [2.45, 2.75) is 19.5 Å². The summed E-state index contributed by atoms with van der Waals surface area (Å²) < 4.78 is 2.47. The van der Waals surface area contributed by atoms with Gasteiger partial charge in [-0.25, -0.2) is 0 Å². The Balaban J connectivity index is 1.17. The molecule has 0 saturated carbocycles. The molecule has 0 bridgehead atoms. The average molecular weight is 465 g/mol. The molecule has 32 heavy (non-hydrogen) atoms. The molecule has 1 aromatic carbocycles. The number of thiophene rings is 1. The Morgan fingerprint density at radius 2 is 1.94 bits per heavy atom. The molecule has 0 aliphatic carbocycles. The first-order valence-corrected chi connectivity index (χ1v) is 12.0. The zero-order chi connectivity index (χ0) is 21.9. The van der Waals surface area contributed by atoms with Gasteiger partial charge < -0.3 is 4.90 Å². The molecule has 4 aromatic rings. The Labute approximate surface area is 195 Å². The van der Waals surface area contributed by atoms with Crippen LogP contribution in [-0.2, 0) is 17.9 Å². The van der Waals surface area contributed by atoms with E-state index in [9.17, 15) is 4.79 Å². The Hall–Kier alpha value is -2.88. The number of rotatable bonds is 6. The molecule has 1 amide bonds. The summed E-state index contributed by atoms with van der Waals surface area (Å²) in [6, 6.07) is 14.4. The Morgan fingerprint density at radius 1 is 1.09 bits per heavy atom. The van der Waals surface area contributed by atoms with Crippen molar-refractivity contribution in [2.24, 2.45) is 0 Å². The maximum absolute atomic E-state index is 12.9. The monoisotopic (exact) mass is 464 g/mol. The van der Waals surface area contributed by atoms with Gasteiger partial charge in [-0.3, -0.25) is 24.3 Å². The molecule has 1 aliphatic heterocycles. The van der Waals surface area contributed by atoms with Gasteiger partial charge >= 0.3 is 0 Å². The zero-order valence-corrected chi connectivity index (χ0v) is 19.2. The SMILES string of the molecule is O=C(CCn1c(-c2cccs2)n[nH]c1=S)N1CCN(Cc2cccc3cccnc23)CC1. The van der Waals surface area contributed by atoms with E-state index in [1.54, 1.807) is 11.3 Å². The van der Waals surface area contributed by atoms with Crippen LogP contribution in [-0.4, -0.2) is 61.6 Å². The number of nitrogens with zero attached hydrogens (tertiary/aromatic N) is 5. The van der Waals surface area contributed by atoms with Gasteiger partial charge in [0.2, 0.25) is 5.91 Å². The molecule has 0 radical (unpaired) electrons. The fourth-order valence-electron chi connectivity index (χ4n) is 4.18. The van der Waals surface area contributed by atoms with Crippen molar-refractivity contribution in [2.75, 3.05) is 26.2 Å². The van der Waals surface area contributed by atoms with Crippen molar-refractivity contribution in [1.82, 2.24) is 29.5 Å². The van der Waals surface area contributed by atoms with E-state index in [-0.39, 0.29) is 5.91 Å². The Bertz CT molecular complexity index is 1270. The number of hydrogen-bond acceptors (Lipinski definition) is 6. The van der Waals surface area contributed by atoms with Gasteiger partial charge in [0.05, 0.1) is 10.4 Å². The fraction of sp³-hybridized carbons (Fsp3) is 0.304. The van der Waals surface area contributed by atoms with Crippen LogP contribution in [0, 0.1) is 4.77 Å². The molecular weight excluding hydrogens is 440 g/mol. The number of amides is 1. The highest BCUT2D eigenvalue weighted by atomic mass is 32.1. The summed E-state index contributed by atoms with van der Waals surface area (Å²) in [4.78, 5) is 22.8. The second kappa shape index (κ2) is 9.32. The second-order valence-corrected chi connectivity index (χ2v) is 9.21. The first-order valence-electron chi connectivity index (χ1n) is 10.7. The summed E-state index contributed by atoms with van der Waals surface area (Å²) >= 11 is 6.99. The molecule has 1 fully saturated rings. The number of benzene rings is 1. The first-order chi connectivity index (χ1) is 15.7. The van der Waals surface area contributed by atoms with E-state index in [0.29, 0.717) is 17.7 Å². The number of fused-ring (bicyclic) bond motifs is 1. The summed E-state index contributed by atoms with van der Waals surface area (Å²) in [5.41, 5.74) is 2.30. The quantitative estimate of drug-likeness (QED) is 0.438. The largest absolute Gasteiger partial charge is 0.340 e. The van der Waals surface area contributed by atoms with Gasteiger partial charge in [-0.05, 0) is 35.3 Å². The molecule has 1 saturated heterocycles. The van der Waals surface area contributed by atoms with E-state index < -0.39 is 0 Å². The summed E-state index contributed by atoms with van der Waals surface area (Å²) in [5.74, 6) is 0.961. The molecule has 1 N–H and O–H groups in total. The summed E-state index contributed by atoms with van der Waals surface area (Å²) in [6.07, 6.45) is 2.26. The molecule has 3 aromatic heterocycles.